The summed E-state index contributed by atoms with van der Waals surface area (Å²) in [5, 5.41) is 0. The van der Waals surface area contributed by atoms with Gasteiger partial charge >= 0.3 is 0 Å². The van der Waals surface area contributed by atoms with Gasteiger partial charge in [-0.25, -0.2) is 0 Å². The van der Waals surface area contributed by atoms with Crippen LogP contribution in [0.1, 0.15) is 11.5 Å². The van der Waals surface area contributed by atoms with Gasteiger partial charge in [-0.2, -0.15) is 4.67 Å². The highest BCUT2D eigenvalue weighted by Gasteiger charge is 2.51. The topological polar surface area (TPSA) is 38.8 Å². The molecule has 0 radical (unpaired) electrons. The Morgan fingerprint density at radius 3 is 1.76 bits per heavy atom. The lowest BCUT2D eigenvalue weighted by molar-refractivity contribution is 0.0743. The zero-order valence-corrected chi connectivity index (χ0v) is 15.9. The van der Waals surface area contributed by atoms with Crippen LogP contribution in [0.3, 0.4) is 0 Å². The van der Waals surface area contributed by atoms with Gasteiger partial charge in [0.15, 0.2) is 0 Å². The zero-order valence-electron chi connectivity index (χ0n) is 12.7. The van der Waals surface area contributed by atoms with Crippen molar-refractivity contribution in [1.29, 1.82) is 0 Å². The van der Waals surface area contributed by atoms with E-state index in [1.807, 2.05) is 26.0 Å². The molecule has 0 amide bonds. The van der Waals surface area contributed by atoms with Gasteiger partial charge in [0.1, 0.15) is 11.5 Å². The predicted octanol–water partition coefficient (Wildman–Crippen LogP) is 2.95. The van der Waals surface area contributed by atoms with Crippen LogP contribution in [-0.2, 0) is 4.74 Å². The van der Waals surface area contributed by atoms with Gasteiger partial charge < -0.3 is 13.6 Å². The third kappa shape index (κ3) is 3.21. The standard InChI is InChI=1S/C15H21NO3P.HI/c1-12-4-6-14(18-12)20(3,15-7-5-13(2)19-15)16-8-10-17-11-9-16;/h4-7H,8-11H2,1-3H3;1H/q+1;. The molecule has 0 aromatic carbocycles. The minimum atomic E-state index is -1.79. The van der Waals surface area contributed by atoms with E-state index in [4.69, 9.17) is 13.6 Å². The van der Waals surface area contributed by atoms with Crippen molar-refractivity contribution in [3.05, 3.63) is 35.8 Å². The lowest BCUT2D eigenvalue weighted by Gasteiger charge is -2.32. The smallest absolute Gasteiger partial charge is 0.272 e. The van der Waals surface area contributed by atoms with Crippen LogP contribution in [-0.4, -0.2) is 37.6 Å². The molecule has 21 heavy (non-hydrogen) atoms. The van der Waals surface area contributed by atoms with Crippen LogP contribution in [0.5, 0.6) is 0 Å². The van der Waals surface area contributed by atoms with Gasteiger partial charge in [-0.15, -0.1) is 24.0 Å². The summed E-state index contributed by atoms with van der Waals surface area (Å²) >= 11 is 0. The SMILES string of the molecule is Cc1ccc([P+](C)(c2ccc(C)o2)N2CCOCC2)o1.I. The van der Waals surface area contributed by atoms with Crippen LogP contribution in [0, 0.1) is 13.8 Å². The lowest BCUT2D eigenvalue weighted by atomic mass is 10.5. The van der Waals surface area contributed by atoms with Gasteiger partial charge in [-0.05, 0) is 26.0 Å². The second-order valence-electron chi connectivity index (χ2n) is 5.29. The van der Waals surface area contributed by atoms with Gasteiger partial charge in [0, 0.05) is 12.1 Å². The lowest BCUT2D eigenvalue weighted by Crippen LogP contribution is -2.42. The molecule has 1 saturated heterocycles. The Morgan fingerprint density at radius 1 is 0.905 bits per heavy atom. The van der Waals surface area contributed by atoms with Gasteiger partial charge in [-0.3, -0.25) is 0 Å². The molecule has 1 aliphatic heterocycles. The number of ether oxygens (including phenoxy) is 1. The first-order valence-corrected chi connectivity index (χ1v) is 9.13. The number of nitrogens with zero attached hydrogens (tertiary/aromatic N) is 1. The molecule has 3 rings (SSSR count). The summed E-state index contributed by atoms with van der Waals surface area (Å²) in [5.74, 6) is 1.89. The maximum Gasteiger partial charge on any atom is 0.272 e. The molecule has 2 aromatic heterocycles. The van der Waals surface area contributed by atoms with Crippen molar-refractivity contribution >= 4 is 42.4 Å². The Morgan fingerprint density at radius 2 is 1.38 bits per heavy atom. The Bertz CT molecular complexity index is 549. The van der Waals surface area contributed by atoms with Gasteiger partial charge in [-0.1, -0.05) is 0 Å². The van der Waals surface area contributed by atoms with E-state index in [1.54, 1.807) is 0 Å². The minimum absolute atomic E-state index is 0. The van der Waals surface area contributed by atoms with E-state index in [-0.39, 0.29) is 24.0 Å². The molecule has 0 spiro atoms. The van der Waals surface area contributed by atoms with Crippen LogP contribution in [0.4, 0.5) is 0 Å². The normalized spacial score (nSPS) is 16.7. The number of morpholine rings is 1. The highest BCUT2D eigenvalue weighted by molar-refractivity contribution is 14.0. The quantitative estimate of drug-likeness (QED) is 0.564. The molecule has 0 aliphatic carbocycles. The molecule has 2 aromatic rings. The van der Waals surface area contributed by atoms with Crippen molar-refractivity contribution in [2.24, 2.45) is 0 Å². The Kier molecular flexibility index (Phi) is 5.52. The zero-order chi connectivity index (χ0) is 14.2. The summed E-state index contributed by atoms with van der Waals surface area (Å²) in [6.45, 7) is 9.63. The first-order chi connectivity index (χ1) is 9.60. The summed E-state index contributed by atoms with van der Waals surface area (Å²) in [5.41, 5.74) is 2.07. The fourth-order valence-electron chi connectivity index (χ4n) is 2.65. The molecule has 1 aliphatic rings. The highest BCUT2D eigenvalue weighted by Crippen LogP contribution is 2.56. The van der Waals surface area contributed by atoms with Crippen LogP contribution in [0.2, 0.25) is 0 Å². The molecule has 0 saturated carbocycles. The molecule has 0 atom stereocenters. The Balaban J connectivity index is 0.00000161. The molecule has 0 bridgehead atoms. The third-order valence-electron chi connectivity index (χ3n) is 3.86. The van der Waals surface area contributed by atoms with Crippen molar-refractivity contribution in [3.8, 4) is 0 Å². The number of aryl methyl sites for hydroxylation is 2. The van der Waals surface area contributed by atoms with E-state index < -0.39 is 7.41 Å². The fourth-order valence-corrected chi connectivity index (χ4v) is 5.76. The van der Waals surface area contributed by atoms with Gasteiger partial charge in [0.25, 0.3) is 11.0 Å². The molecule has 0 unspecified atom stereocenters. The molecule has 6 heteroatoms. The fraction of sp³-hybridized carbons (Fsp3) is 0.467. The van der Waals surface area contributed by atoms with Crippen LogP contribution < -0.4 is 11.0 Å². The maximum atomic E-state index is 5.97. The summed E-state index contributed by atoms with van der Waals surface area (Å²) in [4.78, 5) is 0. The van der Waals surface area contributed by atoms with Crippen molar-refractivity contribution in [3.63, 3.8) is 0 Å². The van der Waals surface area contributed by atoms with Crippen molar-refractivity contribution in [2.75, 3.05) is 33.0 Å². The van der Waals surface area contributed by atoms with Crippen LogP contribution in [0.25, 0.3) is 0 Å². The van der Waals surface area contributed by atoms with E-state index >= 15 is 0 Å². The average Bonchev–Trinajstić information content (AvgIpc) is 3.08. The van der Waals surface area contributed by atoms with Crippen LogP contribution >= 0.6 is 31.4 Å². The second-order valence-corrected chi connectivity index (χ2v) is 8.66. The molecule has 4 nitrogen and oxygen atoms in total. The van der Waals surface area contributed by atoms with E-state index in [2.05, 4.69) is 23.5 Å². The molecule has 116 valence electrons. The van der Waals surface area contributed by atoms with E-state index in [1.165, 1.54) is 0 Å². The third-order valence-corrected chi connectivity index (χ3v) is 7.59. The number of halogens is 1. The Labute approximate surface area is 143 Å². The molecular formula is C15H22INO3P+. The van der Waals surface area contributed by atoms with Crippen molar-refractivity contribution in [2.45, 2.75) is 13.8 Å². The number of rotatable bonds is 3. The number of furan rings is 2. The number of hydrogen-bond acceptors (Lipinski definition) is 4. The van der Waals surface area contributed by atoms with E-state index in [0.29, 0.717) is 0 Å². The predicted molar refractivity (Wildman–Crippen MR) is 96.8 cm³/mol. The second kappa shape index (κ2) is 6.82. The molecule has 3 heterocycles. The first kappa shape index (κ1) is 17.0. The van der Waals surface area contributed by atoms with E-state index in [9.17, 15) is 0 Å². The summed E-state index contributed by atoms with van der Waals surface area (Å²) in [7, 11) is -1.79. The van der Waals surface area contributed by atoms with Gasteiger partial charge in [0.2, 0.25) is 7.41 Å². The monoisotopic (exact) mass is 422 g/mol. The largest absolute Gasteiger partial charge is 0.430 e. The average molecular weight is 422 g/mol. The maximum absolute atomic E-state index is 5.97. The molecule has 1 fully saturated rings. The van der Waals surface area contributed by atoms with Gasteiger partial charge in [0.05, 0.1) is 33.0 Å². The van der Waals surface area contributed by atoms with Crippen molar-refractivity contribution in [1.82, 2.24) is 4.67 Å². The Hall–Kier alpha value is -0.360. The van der Waals surface area contributed by atoms with Crippen molar-refractivity contribution < 1.29 is 13.6 Å². The minimum Gasteiger partial charge on any atom is -0.430 e. The summed E-state index contributed by atoms with van der Waals surface area (Å²) < 4.78 is 19.9. The highest BCUT2D eigenvalue weighted by atomic mass is 127. The number of hydrogen-bond donors (Lipinski definition) is 0. The first-order valence-electron chi connectivity index (χ1n) is 6.94. The van der Waals surface area contributed by atoms with Crippen LogP contribution in [0.15, 0.2) is 33.1 Å². The summed E-state index contributed by atoms with van der Waals surface area (Å²) in [6.07, 6.45) is 0. The molecular weight excluding hydrogens is 400 g/mol. The van der Waals surface area contributed by atoms with E-state index in [0.717, 1.165) is 48.8 Å². The molecule has 0 N–H and O–H groups in total. The summed E-state index contributed by atoms with van der Waals surface area (Å²) in [6, 6.07) is 8.25.